The van der Waals surface area contributed by atoms with E-state index in [0.717, 1.165) is 11.3 Å². The molecule has 2 N–H and O–H groups in total. The summed E-state index contributed by atoms with van der Waals surface area (Å²) in [4.78, 5) is 23.7. The standard InChI is InChI=1S/C21H24FNO5/c1-3-27-18-8-4-15(5-9-18)12-16(21(25)26)13-23-20(24)14(2)28-19-10-6-17(22)7-11-19/h4-11,14,16H,3,12-13H2,1-2H3,(H,23,24)(H,25,26). The summed E-state index contributed by atoms with van der Waals surface area (Å²) in [5.74, 6) is -1.54. The third-order valence-corrected chi connectivity index (χ3v) is 4.08. The summed E-state index contributed by atoms with van der Waals surface area (Å²) in [6.45, 7) is 3.96. The highest BCUT2D eigenvalue weighted by Crippen LogP contribution is 2.16. The van der Waals surface area contributed by atoms with Crippen molar-refractivity contribution in [2.45, 2.75) is 26.4 Å². The summed E-state index contributed by atoms with van der Waals surface area (Å²) >= 11 is 0. The second-order valence-corrected chi connectivity index (χ2v) is 6.28. The molecule has 0 aliphatic heterocycles. The first-order valence-electron chi connectivity index (χ1n) is 9.03. The first-order valence-corrected chi connectivity index (χ1v) is 9.03. The van der Waals surface area contributed by atoms with Gasteiger partial charge in [-0.1, -0.05) is 12.1 Å². The minimum absolute atomic E-state index is 0.0293. The highest BCUT2D eigenvalue weighted by atomic mass is 19.1. The molecule has 6 nitrogen and oxygen atoms in total. The Kier molecular flexibility index (Phi) is 7.80. The SMILES string of the molecule is CCOc1ccc(CC(CNC(=O)C(C)Oc2ccc(F)cc2)C(=O)O)cc1. The van der Waals surface area contributed by atoms with Crippen molar-refractivity contribution >= 4 is 11.9 Å². The molecule has 2 aromatic carbocycles. The Labute approximate surface area is 163 Å². The van der Waals surface area contributed by atoms with Gasteiger partial charge in [0, 0.05) is 6.54 Å². The summed E-state index contributed by atoms with van der Waals surface area (Å²) in [5, 5.41) is 12.0. The molecule has 150 valence electrons. The molecule has 2 atom stereocenters. The molecule has 0 aliphatic carbocycles. The number of aliphatic carboxylic acids is 1. The number of benzene rings is 2. The molecule has 0 saturated carbocycles. The van der Waals surface area contributed by atoms with E-state index in [2.05, 4.69) is 5.32 Å². The van der Waals surface area contributed by atoms with Crippen molar-refractivity contribution in [3.05, 3.63) is 59.9 Å². The van der Waals surface area contributed by atoms with Gasteiger partial charge in [0.25, 0.3) is 5.91 Å². The number of carbonyl (C=O) groups is 2. The van der Waals surface area contributed by atoms with Crippen LogP contribution in [0.4, 0.5) is 4.39 Å². The van der Waals surface area contributed by atoms with Gasteiger partial charge in [0.1, 0.15) is 17.3 Å². The summed E-state index contributed by atoms with van der Waals surface area (Å²) < 4.78 is 23.7. The van der Waals surface area contributed by atoms with Gasteiger partial charge >= 0.3 is 5.97 Å². The second-order valence-electron chi connectivity index (χ2n) is 6.28. The van der Waals surface area contributed by atoms with E-state index in [1.54, 1.807) is 19.1 Å². The number of carboxylic acids is 1. The number of hydrogen-bond donors (Lipinski definition) is 2. The van der Waals surface area contributed by atoms with Gasteiger partial charge in [-0.25, -0.2) is 4.39 Å². The third-order valence-electron chi connectivity index (χ3n) is 4.08. The zero-order valence-electron chi connectivity index (χ0n) is 15.9. The van der Waals surface area contributed by atoms with E-state index in [1.807, 2.05) is 19.1 Å². The molecule has 2 unspecified atom stereocenters. The average Bonchev–Trinajstić information content (AvgIpc) is 2.68. The van der Waals surface area contributed by atoms with Crippen LogP contribution in [-0.4, -0.2) is 36.2 Å². The summed E-state index contributed by atoms with van der Waals surface area (Å²) in [7, 11) is 0. The number of ether oxygens (including phenoxy) is 2. The van der Waals surface area contributed by atoms with E-state index < -0.39 is 29.7 Å². The molecule has 0 aliphatic rings. The number of carbonyl (C=O) groups excluding carboxylic acids is 1. The summed E-state index contributed by atoms with van der Waals surface area (Å²) in [6, 6.07) is 12.5. The number of hydrogen-bond acceptors (Lipinski definition) is 4. The maximum absolute atomic E-state index is 12.9. The van der Waals surface area contributed by atoms with Gasteiger partial charge in [-0.05, 0) is 62.2 Å². The van der Waals surface area contributed by atoms with Gasteiger partial charge in [0.15, 0.2) is 6.10 Å². The van der Waals surface area contributed by atoms with Crippen LogP contribution in [0.2, 0.25) is 0 Å². The molecular weight excluding hydrogens is 365 g/mol. The zero-order chi connectivity index (χ0) is 20.5. The van der Waals surface area contributed by atoms with Crippen LogP contribution in [0, 0.1) is 11.7 Å². The van der Waals surface area contributed by atoms with Gasteiger partial charge in [0.05, 0.1) is 12.5 Å². The third kappa shape index (κ3) is 6.57. The molecule has 0 saturated heterocycles. The van der Waals surface area contributed by atoms with E-state index in [-0.39, 0.29) is 13.0 Å². The Morgan fingerprint density at radius 2 is 1.68 bits per heavy atom. The number of nitrogens with one attached hydrogen (secondary N) is 1. The first kappa shape index (κ1) is 21.2. The second kappa shape index (κ2) is 10.3. The van der Waals surface area contributed by atoms with Crippen molar-refractivity contribution < 1.29 is 28.6 Å². The molecule has 0 radical (unpaired) electrons. The van der Waals surface area contributed by atoms with Gasteiger partial charge in [-0.15, -0.1) is 0 Å². The van der Waals surface area contributed by atoms with Gasteiger partial charge in [0.2, 0.25) is 0 Å². The number of amides is 1. The molecule has 2 rings (SSSR count). The molecule has 0 fully saturated rings. The Bertz CT molecular complexity index is 776. The van der Waals surface area contributed by atoms with Crippen molar-refractivity contribution in [1.29, 1.82) is 0 Å². The minimum atomic E-state index is -0.999. The van der Waals surface area contributed by atoms with E-state index in [1.165, 1.54) is 24.3 Å². The van der Waals surface area contributed by atoms with E-state index >= 15 is 0 Å². The van der Waals surface area contributed by atoms with Crippen LogP contribution < -0.4 is 14.8 Å². The number of halogens is 1. The lowest BCUT2D eigenvalue weighted by atomic mass is 9.99. The van der Waals surface area contributed by atoms with Crippen LogP contribution in [0.25, 0.3) is 0 Å². The molecule has 2 aromatic rings. The number of carboxylic acid groups (broad SMARTS) is 1. The fourth-order valence-electron chi connectivity index (χ4n) is 2.56. The van der Waals surface area contributed by atoms with Crippen LogP contribution in [0.15, 0.2) is 48.5 Å². The largest absolute Gasteiger partial charge is 0.494 e. The van der Waals surface area contributed by atoms with Crippen molar-refractivity contribution in [1.82, 2.24) is 5.32 Å². The maximum Gasteiger partial charge on any atom is 0.308 e. The monoisotopic (exact) mass is 389 g/mol. The topological polar surface area (TPSA) is 84.9 Å². The van der Waals surface area contributed by atoms with Crippen molar-refractivity contribution in [3.63, 3.8) is 0 Å². The van der Waals surface area contributed by atoms with Crippen molar-refractivity contribution in [3.8, 4) is 11.5 Å². The minimum Gasteiger partial charge on any atom is -0.494 e. The lowest BCUT2D eigenvalue weighted by Crippen LogP contribution is -2.40. The smallest absolute Gasteiger partial charge is 0.308 e. The maximum atomic E-state index is 12.9. The van der Waals surface area contributed by atoms with Crippen LogP contribution in [0.3, 0.4) is 0 Å². The Balaban J connectivity index is 1.88. The highest BCUT2D eigenvalue weighted by Gasteiger charge is 2.21. The Hall–Kier alpha value is -3.09. The van der Waals surface area contributed by atoms with Crippen LogP contribution in [-0.2, 0) is 16.0 Å². The highest BCUT2D eigenvalue weighted by molar-refractivity contribution is 5.81. The van der Waals surface area contributed by atoms with Crippen LogP contribution in [0.1, 0.15) is 19.4 Å². The molecule has 0 heterocycles. The average molecular weight is 389 g/mol. The van der Waals surface area contributed by atoms with E-state index in [0.29, 0.717) is 12.4 Å². The van der Waals surface area contributed by atoms with Crippen molar-refractivity contribution in [2.24, 2.45) is 5.92 Å². The molecule has 1 amide bonds. The lowest BCUT2D eigenvalue weighted by Gasteiger charge is -2.17. The normalized spacial score (nSPS) is 12.7. The predicted molar refractivity (Wildman–Crippen MR) is 102 cm³/mol. The Morgan fingerprint density at radius 3 is 2.25 bits per heavy atom. The zero-order valence-corrected chi connectivity index (χ0v) is 15.9. The molecule has 0 bridgehead atoms. The molecular formula is C21H24FNO5. The van der Waals surface area contributed by atoms with Gasteiger partial charge in [-0.2, -0.15) is 0 Å². The van der Waals surface area contributed by atoms with Crippen molar-refractivity contribution in [2.75, 3.05) is 13.2 Å². The Morgan fingerprint density at radius 1 is 1.07 bits per heavy atom. The van der Waals surface area contributed by atoms with Gasteiger partial charge < -0.3 is 19.9 Å². The predicted octanol–water partition coefficient (Wildman–Crippen LogP) is 3.05. The van der Waals surface area contributed by atoms with E-state index in [9.17, 15) is 19.1 Å². The molecule has 0 aromatic heterocycles. The molecule has 0 spiro atoms. The number of rotatable bonds is 10. The first-order chi connectivity index (χ1) is 13.4. The molecule has 7 heteroatoms. The van der Waals surface area contributed by atoms with E-state index in [4.69, 9.17) is 9.47 Å². The fourth-order valence-corrected chi connectivity index (χ4v) is 2.56. The fraction of sp³-hybridized carbons (Fsp3) is 0.333. The molecule has 28 heavy (non-hydrogen) atoms. The quantitative estimate of drug-likeness (QED) is 0.652. The van der Waals surface area contributed by atoms with Crippen LogP contribution in [0.5, 0.6) is 11.5 Å². The lowest BCUT2D eigenvalue weighted by molar-refractivity contribution is -0.141. The summed E-state index contributed by atoms with van der Waals surface area (Å²) in [5.41, 5.74) is 0.834. The summed E-state index contributed by atoms with van der Waals surface area (Å²) in [6.07, 6.45) is -0.569. The van der Waals surface area contributed by atoms with Crippen LogP contribution >= 0.6 is 0 Å². The van der Waals surface area contributed by atoms with Gasteiger partial charge in [-0.3, -0.25) is 9.59 Å².